The monoisotopic (exact) mass is 394 g/mol. The van der Waals surface area contributed by atoms with Gasteiger partial charge in [-0.25, -0.2) is 4.79 Å². The zero-order chi connectivity index (χ0) is 19.6. The molecule has 0 aromatic carbocycles. The molecule has 3 unspecified atom stereocenters. The Morgan fingerprint density at radius 3 is 1.80 bits per heavy atom. The molecule has 9 nitrogen and oxygen atoms in total. The number of aliphatic carboxylic acids is 1. The second-order valence-corrected chi connectivity index (χ2v) is 6.51. The van der Waals surface area contributed by atoms with Crippen molar-refractivity contribution >= 4 is 48.9 Å². The smallest absolute Gasteiger partial charge is 0.327 e. The van der Waals surface area contributed by atoms with E-state index < -0.39 is 41.8 Å². The normalized spacial score (nSPS) is 14.3. The van der Waals surface area contributed by atoms with Gasteiger partial charge in [0, 0.05) is 11.5 Å². The van der Waals surface area contributed by atoms with Crippen LogP contribution < -0.4 is 21.7 Å². The summed E-state index contributed by atoms with van der Waals surface area (Å²) < 4.78 is 0. The van der Waals surface area contributed by atoms with Crippen LogP contribution in [-0.4, -0.2) is 65.0 Å². The van der Waals surface area contributed by atoms with Crippen LogP contribution in [0.4, 0.5) is 0 Å². The molecule has 11 heteroatoms. The van der Waals surface area contributed by atoms with Crippen LogP contribution in [0.25, 0.3) is 0 Å². The molecule has 3 atom stereocenters. The molecule has 0 aliphatic carbocycles. The second-order valence-electron chi connectivity index (χ2n) is 5.78. The van der Waals surface area contributed by atoms with Crippen molar-refractivity contribution in [2.75, 3.05) is 18.1 Å². The fourth-order valence-corrected chi connectivity index (χ4v) is 2.38. The highest BCUT2D eigenvalue weighted by molar-refractivity contribution is 7.80. The van der Waals surface area contributed by atoms with E-state index in [2.05, 4.69) is 41.2 Å². The van der Waals surface area contributed by atoms with Gasteiger partial charge in [0.2, 0.25) is 17.7 Å². The van der Waals surface area contributed by atoms with Crippen LogP contribution in [0, 0.1) is 5.92 Å². The first kappa shape index (κ1) is 23.5. The molecule has 0 rings (SSSR count). The number of carbonyl (C=O) groups is 4. The molecule has 0 saturated heterocycles. The third-order valence-corrected chi connectivity index (χ3v) is 3.89. The lowest BCUT2D eigenvalue weighted by molar-refractivity contribution is -0.141. The second kappa shape index (κ2) is 12.0. The van der Waals surface area contributed by atoms with E-state index in [-0.39, 0.29) is 24.0 Å². The molecule has 0 aromatic heterocycles. The lowest BCUT2D eigenvalue weighted by Gasteiger charge is -2.24. The maximum atomic E-state index is 12.4. The first-order chi connectivity index (χ1) is 11.7. The van der Waals surface area contributed by atoms with Gasteiger partial charge in [0.1, 0.15) is 18.1 Å². The molecular weight excluding hydrogens is 368 g/mol. The fourth-order valence-electron chi connectivity index (χ4n) is 1.88. The Morgan fingerprint density at radius 2 is 1.40 bits per heavy atom. The van der Waals surface area contributed by atoms with E-state index in [1.54, 1.807) is 0 Å². The number of nitrogens with one attached hydrogen (secondary N) is 3. The lowest BCUT2D eigenvalue weighted by Crippen LogP contribution is -2.57. The number of nitrogens with two attached hydrogens (primary N) is 1. The van der Waals surface area contributed by atoms with Crippen molar-refractivity contribution in [2.45, 2.75) is 38.4 Å². The summed E-state index contributed by atoms with van der Waals surface area (Å²) in [6.45, 7) is 3.49. The Balaban J connectivity index is 4.98. The minimum absolute atomic E-state index is 0.0459. The molecule has 0 fully saturated rings. The highest BCUT2D eigenvalue weighted by Crippen LogP contribution is 2.06. The van der Waals surface area contributed by atoms with Crippen LogP contribution in [0.3, 0.4) is 0 Å². The summed E-state index contributed by atoms with van der Waals surface area (Å²) in [5.41, 5.74) is 5.24. The first-order valence-electron chi connectivity index (χ1n) is 7.70. The van der Waals surface area contributed by atoms with Gasteiger partial charge in [-0.05, 0) is 12.3 Å². The Labute approximate surface area is 157 Å². The van der Waals surface area contributed by atoms with E-state index in [1.807, 2.05) is 13.8 Å². The van der Waals surface area contributed by atoms with Gasteiger partial charge in [0.15, 0.2) is 0 Å². The van der Waals surface area contributed by atoms with Crippen molar-refractivity contribution < 1.29 is 24.3 Å². The predicted molar refractivity (Wildman–Crippen MR) is 99.6 cm³/mol. The van der Waals surface area contributed by atoms with Gasteiger partial charge in [0.05, 0.1) is 6.54 Å². The Bertz CT molecular complexity index is 490. The van der Waals surface area contributed by atoms with Gasteiger partial charge >= 0.3 is 5.97 Å². The van der Waals surface area contributed by atoms with E-state index in [0.29, 0.717) is 6.42 Å². The largest absolute Gasteiger partial charge is 0.480 e. The average molecular weight is 395 g/mol. The van der Waals surface area contributed by atoms with Gasteiger partial charge in [-0.15, -0.1) is 0 Å². The summed E-state index contributed by atoms with van der Waals surface area (Å²) in [6.07, 6.45) is 0.354. The van der Waals surface area contributed by atoms with Crippen LogP contribution >= 0.6 is 25.3 Å². The Hall–Kier alpha value is -1.46. The fraction of sp³-hybridized carbons (Fsp3) is 0.714. The summed E-state index contributed by atoms with van der Waals surface area (Å²) in [7, 11) is 0. The van der Waals surface area contributed by atoms with Gasteiger partial charge in [-0.1, -0.05) is 13.8 Å². The standard InChI is InChI=1S/C14H26N4O5S2/c1-7(2)3-8(16-11(19)4-15)12(20)17-9(5-24)13(21)18-10(6-25)14(22)23/h7-10,24-25H,3-6,15H2,1-2H3,(H,16,19)(H,17,20)(H,18,21)(H,22,23). The zero-order valence-corrected chi connectivity index (χ0v) is 16.0. The number of carbonyl (C=O) groups excluding carboxylic acids is 3. The number of carboxylic acids is 1. The van der Waals surface area contributed by atoms with Gasteiger partial charge in [0.25, 0.3) is 0 Å². The summed E-state index contributed by atoms with van der Waals surface area (Å²) in [5.74, 6) is -3.03. The van der Waals surface area contributed by atoms with Gasteiger partial charge in [-0.2, -0.15) is 25.3 Å². The van der Waals surface area contributed by atoms with Crippen molar-refractivity contribution in [1.82, 2.24) is 16.0 Å². The number of rotatable bonds is 11. The molecular formula is C14H26N4O5S2. The summed E-state index contributed by atoms with van der Waals surface area (Å²) in [6, 6.07) is -3.09. The first-order valence-corrected chi connectivity index (χ1v) is 8.97. The van der Waals surface area contributed by atoms with Gasteiger partial charge < -0.3 is 26.8 Å². The van der Waals surface area contributed by atoms with Crippen molar-refractivity contribution in [1.29, 1.82) is 0 Å². The quantitative estimate of drug-likeness (QED) is 0.210. The molecule has 0 heterocycles. The summed E-state index contributed by atoms with van der Waals surface area (Å²) in [5, 5.41) is 16.2. The zero-order valence-electron chi connectivity index (χ0n) is 14.2. The van der Waals surface area contributed by atoms with Crippen molar-refractivity contribution in [2.24, 2.45) is 11.7 Å². The minimum atomic E-state index is -1.24. The van der Waals surface area contributed by atoms with Crippen LogP contribution in [0.5, 0.6) is 0 Å². The molecule has 0 aliphatic heterocycles. The molecule has 0 saturated carbocycles. The number of hydrogen-bond acceptors (Lipinski definition) is 7. The Morgan fingerprint density at radius 1 is 0.920 bits per heavy atom. The molecule has 0 radical (unpaired) electrons. The van der Waals surface area contributed by atoms with Gasteiger partial charge in [-0.3, -0.25) is 14.4 Å². The van der Waals surface area contributed by atoms with Crippen molar-refractivity contribution in [3.8, 4) is 0 Å². The van der Waals surface area contributed by atoms with Crippen LogP contribution in [-0.2, 0) is 19.2 Å². The van der Waals surface area contributed by atoms with Crippen LogP contribution in [0.15, 0.2) is 0 Å². The van der Waals surface area contributed by atoms with E-state index in [4.69, 9.17) is 10.8 Å². The molecule has 0 aromatic rings. The Kier molecular flexibility index (Phi) is 11.3. The molecule has 0 aliphatic rings. The summed E-state index contributed by atoms with van der Waals surface area (Å²) in [4.78, 5) is 46.9. The van der Waals surface area contributed by atoms with E-state index in [9.17, 15) is 19.2 Å². The third-order valence-electron chi connectivity index (χ3n) is 3.16. The average Bonchev–Trinajstić information content (AvgIpc) is 2.55. The SMILES string of the molecule is CC(C)CC(NC(=O)CN)C(=O)NC(CS)C(=O)NC(CS)C(=O)O. The predicted octanol–water partition coefficient (Wildman–Crippen LogP) is -1.61. The minimum Gasteiger partial charge on any atom is -0.480 e. The number of amides is 3. The van der Waals surface area contributed by atoms with Crippen molar-refractivity contribution in [3.63, 3.8) is 0 Å². The van der Waals surface area contributed by atoms with E-state index >= 15 is 0 Å². The number of hydrogen-bond donors (Lipinski definition) is 7. The van der Waals surface area contributed by atoms with Crippen LogP contribution in [0.1, 0.15) is 20.3 Å². The molecule has 144 valence electrons. The molecule has 0 spiro atoms. The summed E-state index contributed by atoms with van der Waals surface area (Å²) >= 11 is 7.86. The molecule has 6 N–H and O–H groups in total. The topological polar surface area (TPSA) is 151 Å². The molecule has 0 bridgehead atoms. The van der Waals surface area contributed by atoms with E-state index in [0.717, 1.165) is 0 Å². The van der Waals surface area contributed by atoms with E-state index in [1.165, 1.54) is 0 Å². The third kappa shape index (κ3) is 8.98. The maximum Gasteiger partial charge on any atom is 0.327 e. The molecule has 3 amide bonds. The van der Waals surface area contributed by atoms with Crippen LogP contribution in [0.2, 0.25) is 0 Å². The number of thiol groups is 2. The van der Waals surface area contributed by atoms with Crippen molar-refractivity contribution in [3.05, 3.63) is 0 Å². The lowest BCUT2D eigenvalue weighted by atomic mass is 10.0. The maximum absolute atomic E-state index is 12.4. The molecule has 25 heavy (non-hydrogen) atoms. The highest BCUT2D eigenvalue weighted by Gasteiger charge is 2.28. The highest BCUT2D eigenvalue weighted by atomic mass is 32.1. The number of carboxylic acid groups (broad SMARTS) is 1.